The Morgan fingerprint density at radius 3 is 1.79 bits per heavy atom. The minimum absolute atomic E-state index is 0.0908. The smallest absolute Gasteiger partial charge is 0.323 e. The first-order valence-electron chi connectivity index (χ1n) is 11.4. The topological polar surface area (TPSA) is 117 Å². The second kappa shape index (κ2) is 13.7. The Labute approximate surface area is 201 Å². The lowest BCUT2D eigenvalue weighted by Crippen LogP contribution is -2.43. The van der Waals surface area contributed by atoms with Crippen LogP contribution in [0, 0.1) is 17.8 Å². The molecule has 190 valence electrons. The number of esters is 4. The van der Waals surface area contributed by atoms with Crippen molar-refractivity contribution in [1.82, 2.24) is 5.32 Å². The van der Waals surface area contributed by atoms with Gasteiger partial charge in [-0.1, -0.05) is 47.6 Å². The van der Waals surface area contributed by atoms with E-state index in [2.05, 4.69) is 5.32 Å². The maximum Gasteiger partial charge on any atom is 0.323 e. The van der Waals surface area contributed by atoms with Crippen LogP contribution >= 0.6 is 0 Å². The standard InChI is InChI=1S/C25H37NO8/c1-14(2)22(27)32-17(7)13-26-19(25(30)31-8)11-18-9-10-20(33-23(28)15(3)4)21(12-18)34-24(29)16(5)6/h9-10,12,14-17,19,26H,11,13H2,1-8H3/t17?,19-/m0/s1. The number of methoxy groups -OCH3 is 1. The molecule has 1 aromatic rings. The first kappa shape index (κ1) is 29.1. The molecule has 0 heterocycles. The Balaban J connectivity index is 3.07. The highest BCUT2D eigenvalue weighted by atomic mass is 16.6. The van der Waals surface area contributed by atoms with E-state index in [-0.39, 0.29) is 42.3 Å². The van der Waals surface area contributed by atoms with E-state index in [0.717, 1.165) is 0 Å². The fourth-order valence-electron chi connectivity index (χ4n) is 2.60. The molecule has 0 aliphatic rings. The number of hydrogen-bond donors (Lipinski definition) is 1. The third-order valence-corrected chi connectivity index (χ3v) is 4.74. The van der Waals surface area contributed by atoms with Crippen LogP contribution in [0.25, 0.3) is 0 Å². The van der Waals surface area contributed by atoms with Gasteiger partial charge in [-0.2, -0.15) is 0 Å². The molecule has 9 heteroatoms. The van der Waals surface area contributed by atoms with E-state index >= 15 is 0 Å². The number of hydrogen-bond acceptors (Lipinski definition) is 9. The minimum Gasteiger partial charge on any atom is -0.468 e. The molecule has 0 aliphatic heterocycles. The van der Waals surface area contributed by atoms with Crippen molar-refractivity contribution >= 4 is 23.9 Å². The van der Waals surface area contributed by atoms with Crippen molar-refractivity contribution in [1.29, 1.82) is 0 Å². The van der Waals surface area contributed by atoms with Gasteiger partial charge in [0.25, 0.3) is 0 Å². The predicted octanol–water partition coefficient (Wildman–Crippen LogP) is 3.07. The molecule has 0 saturated carbocycles. The number of benzene rings is 1. The van der Waals surface area contributed by atoms with Crippen LogP contribution in [0.2, 0.25) is 0 Å². The zero-order valence-corrected chi connectivity index (χ0v) is 21.3. The summed E-state index contributed by atoms with van der Waals surface area (Å²) < 4.78 is 21.1. The van der Waals surface area contributed by atoms with E-state index in [0.29, 0.717) is 5.56 Å². The van der Waals surface area contributed by atoms with E-state index in [1.54, 1.807) is 60.6 Å². The summed E-state index contributed by atoms with van der Waals surface area (Å²) in [7, 11) is 1.28. The minimum atomic E-state index is -0.747. The molecule has 0 bridgehead atoms. The van der Waals surface area contributed by atoms with Crippen molar-refractivity contribution in [3.8, 4) is 11.5 Å². The van der Waals surface area contributed by atoms with Crippen molar-refractivity contribution in [3.05, 3.63) is 23.8 Å². The van der Waals surface area contributed by atoms with Gasteiger partial charge in [-0.3, -0.25) is 19.2 Å². The summed E-state index contributed by atoms with van der Waals surface area (Å²) in [5.41, 5.74) is 0.644. The summed E-state index contributed by atoms with van der Waals surface area (Å²) in [6.45, 7) is 12.2. The number of nitrogens with one attached hydrogen (secondary N) is 1. The van der Waals surface area contributed by atoms with Crippen LogP contribution in [-0.2, 0) is 35.1 Å². The maximum atomic E-state index is 12.4. The SMILES string of the molecule is COC(=O)[C@H](Cc1ccc(OC(=O)C(C)C)c(OC(=O)C(C)C)c1)NCC(C)OC(=O)C(C)C. The molecule has 0 fully saturated rings. The Kier molecular flexibility index (Phi) is 11.7. The van der Waals surface area contributed by atoms with Crippen LogP contribution in [0.4, 0.5) is 0 Å². The van der Waals surface area contributed by atoms with E-state index in [1.807, 2.05) is 0 Å². The Hall–Kier alpha value is -2.94. The van der Waals surface area contributed by atoms with Crippen LogP contribution in [0.15, 0.2) is 18.2 Å². The number of carbonyl (C=O) groups excluding carboxylic acids is 4. The monoisotopic (exact) mass is 479 g/mol. The molecule has 0 aliphatic carbocycles. The molecule has 34 heavy (non-hydrogen) atoms. The van der Waals surface area contributed by atoms with Crippen molar-refractivity contribution in [2.75, 3.05) is 13.7 Å². The van der Waals surface area contributed by atoms with Gasteiger partial charge in [-0.25, -0.2) is 0 Å². The second-order valence-electron chi connectivity index (χ2n) is 9.02. The van der Waals surface area contributed by atoms with Gasteiger partial charge in [0.15, 0.2) is 11.5 Å². The van der Waals surface area contributed by atoms with Gasteiger partial charge in [-0.15, -0.1) is 0 Å². The zero-order valence-electron chi connectivity index (χ0n) is 21.3. The van der Waals surface area contributed by atoms with Crippen LogP contribution in [0.5, 0.6) is 11.5 Å². The van der Waals surface area contributed by atoms with Gasteiger partial charge < -0.3 is 24.3 Å². The summed E-state index contributed by atoms with van der Waals surface area (Å²) in [5.74, 6) is -2.58. The highest BCUT2D eigenvalue weighted by molar-refractivity contribution is 5.78. The first-order chi connectivity index (χ1) is 15.8. The Bertz CT molecular complexity index is 862. The highest BCUT2D eigenvalue weighted by Gasteiger charge is 2.24. The van der Waals surface area contributed by atoms with Gasteiger partial charge >= 0.3 is 23.9 Å². The van der Waals surface area contributed by atoms with Crippen LogP contribution in [0.1, 0.15) is 54.0 Å². The normalized spacial score (nSPS) is 12.9. The molecular formula is C25H37NO8. The van der Waals surface area contributed by atoms with Crippen molar-refractivity contribution in [2.45, 2.75) is 67.0 Å². The molecule has 0 saturated heterocycles. The lowest BCUT2D eigenvalue weighted by atomic mass is 10.0. The van der Waals surface area contributed by atoms with Crippen molar-refractivity contribution in [3.63, 3.8) is 0 Å². The van der Waals surface area contributed by atoms with Gasteiger partial charge in [0.1, 0.15) is 12.1 Å². The van der Waals surface area contributed by atoms with Crippen molar-refractivity contribution < 1.29 is 38.1 Å². The van der Waals surface area contributed by atoms with E-state index < -0.39 is 36.0 Å². The summed E-state index contributed by atoms with van der Waals surface area (Å²) in [4.78, 5) is 48.4. The van der Waals surface area contributed by atoms with Crippen LogP contribution in [0.3, 0.4) is 0 Å². The lowest BCUT2D eigenvalue weighted by molar-refractivity contribution is -0.152. The number of ether oxygens (including phenoxy) is 4. The number of rotatable bonds is 12. The first-order valence-corrected chi connectivity index (χ1v) is 11.4. The average molecular weight is 480 g/mol. The molecule has 1 N–H and O–H groups in total. The summed E-state index contributed by atoms with van der Waals surface area (Å²) >= 11 is 0. The zero-order chi connectivity index (χ0) is 26.0. The highest BCUT2D eigenvalue weighted by Crippen LogP contribution is 2.30. The molecule has 2 atom stereocenters. The fourth-order valence-corrected chi connectivity index (χ4v) is 2.60. The predicted molar refractivity (Wildman–Crippen MR) is 125 cm³/mol. The summed E-state index contributed by atoms with van der Waals surface area (Å²) in [6.07, 6.45) is -0.259. The van der Waals surface area contributed by atoms with Crippen LogP contribution < -0.4 is 14.8 Å². The lowest BCUT2D eigenvalue weighted by Gasteiger charge is -2.21. The fraction of sp³-hybridized carbons (Fsp3) is 0.600. The third-order valence-electron chi connectivity index (χ3n) is 4.74. The van der Waals surface area contributed by atoms with E-state index in [1.165, 1.54) is 13.2 Å². The summed E-state index contributed by atoms with van der Waals surface area (Å²) in [5, 5.41) is 3.06. The molecule has 9 nitrogen and oxygen atoms in total. The van der Waals surface area contributed by atoms with Crippen LogP contribution in [-0.4, -0.2) is 49.7 Å². The molecule has 1 unspecified atom stereocenters. The molecule has 1 aromatic carbocycles. The van der Waals surface area contributed by atoms with Gasteiger partial charge in [0, 0.05) is 6.54 Å². The third kappa shape index (κ3) is 9.51. The van der Waals surface area contributed by atoms with Crippen molar-refractivity contribution in [2.24, 2.45) is 17.8 Å². The average Bonchev–Trinajstić information content (AvgIpc) is 2.77. The molecule has 0 spiro atoms. The Morgan fingerprint density at radius 2 is 1.29 bits per heavy atom. The molecule has 0 aromatic heterocycles. The van der Waals surface area contributed by atoms with E-state index in [9.17, 15) is 19.2 Å². The van der Waals surface area contributed by atoms with Gasteiger partial charge in [0.2, 0.25) is 0 Å². The molecule has 0 amide bonds. The van der Waals surface area contributed by atoms with Gasteiger partial charge in [-0.05, 0) is 31.0 Å². The maximum absolute atomic E-state index is 12.4. The van der Waals surface area contributed by atoms with E-state index in [4.69, 9.17) is 18.9 Å². The largest absolute Gasteiger partial charge is 0.468 e. The second-order valence-corrected chi connectivity index (χ2v) is 9.02. The molecule has 1 rings (SSSR count). The number of carbonyl (C=O) groups is 4. The Morgan fingerprint density at radius 1 is 0.765 bits per heavy atom. The van der Waals surface area contributed by atoms with Gasteiger partial charge in [0.05, 0.1) is 24.9 Å². The summed E-state index contributed by atoms with van der Waals surface area (Å²) in [6, 6.07) is 4.02. The quantitative estimate of drug-likeness (QED) is 0.356. The molecular weight excluding hydrogens is 442 g/mol. The molecule has 0 radical (unpaired) electrons.